The summed E-state index contributed by atoms with van der Waals surface area (Å²) in [7, 11) is -8.88. The Morgan fingerprint density at radius 2 is 1.26 bits per heavy atom. The number of aryl methyl sites for hydroxylation is 1. The number of nitrogens with two attached hydrogens (primary N) is 1. The molecule has 0 aliphatic rings. The molecule has 6 nitrogen and oxygen atoms in total. The molecule has 140 valence electrons. The van der Waals surface area contributed by atoms with Crippen LogP contribution in [0.4, 0.5) is 11.4 Å². The summed E-state index contributed by atoms with van der Waals surface area (Å²) in [5.41, 5.74) is 6.65. The Balaban J connectivity index is 2.28. The van der Waals surface area contributed by atoms with E-state index in [1.807, 2.05) is 6.92 Å². The third kappa shape index (κ3) is 3.54. The third-order valence-corrected chi connectivity index (χ3v) is 8.19. The molecule has 0 saturated heterocycles. The van der Waals surface area contributed by atoms with Crippen molar-refractivity contribution in [3.63, 3.8) is 0 Å². The van der Waals surface area contributed by atoms with E-state index < -0.39 is 20.0 Å². The van der Waals surface area contributed by atoms with Crippen molar-refractivity contribution in [2.24, 2.45) is 0 Å². The first-order valence-electron chi connectivity index (χ1n) is 8.01. The van der Waals surface area contributed by atoms with Crippen LogP contribution in [0.5, 0.6) is 0 Å². The summed E-state index contributed by atoms with van der Waals surface area (Å²) in [5.74, 6) is 0. The lowest BCUT2D eigenvalue weighted by atomic mass is 10.2. The second-order valence-corrected chi connectivity index (χ2v) is 9.67. The van der Waals surface area contributed by atoms with Crippen LogP contribution < -0.4 is 9.44 Å². The Hall–Kier alpha value is -2.84. The average Bonchev–Trinajstić information content (AvgIpc) is 2.63. The van der Waals surface area contributed by atoms with Crippen LogP contribution in [0.3, 0.4) is 0 Å². The predicted octanol–water partition coefficient (Wildman–Crippen LogP) is 3.16. The Morgan fingerprint density at radius 3 is 1.85 bits per heavy atom. The van der Waals surface area contributed by atoms with E-state index in [4.69, 9.17) is 5.73 Å². The lowest BCUT2D eigenvalue weighted by Gasteiger charge is -2.24. The maximum absolute atomic E-state index is 13.3. The normalized spacial score (nSPS) is 11.9. The maximum atomic E-state index is 13.3. The number of para-hydroxylation sites is 2. The lowest BCUT2D eigenvalue weighted by molar-refractivity contribution is 0.584. The van der Waals surface area contributed by atoms with Crippen LogP contribution in [0, 0.1) is 6.92 Å². The molecule has 0 atom stereocenters. The first-order valence-corrected chi connectivity index (χ1v) is 10.9. The van der Waals surface area contributed by atoms with Gasteiger partial charge in [-0.15, -0.1) is 0 Å². The number of rotatable bonds is 5. The molecule has 0 aromatic heterocycles. The first-order chi connectivity index (χ1) is 12.7. The van der Waals surface area contributed by atoms with Crippen molar-refractivity contribution in [1.29, 1.82) is 0 Å². The van der Waals surface area contributed by atoms with E-state index >= 15 is 0 Å². The van der Waals surface area contributed by atoms with Gasteiger partial charge in [-0.25, -0.2) is 8.42 Å². The quantitative estimate of drug-likeness (QED) is 0.661. The Bertz CT molecular complexity index is 1160. The molecule has 0 amide bonds. The Morgan fingerprint density at radius 1 is 0.704 bits per heavy atom. The zero-order valence-corrected chi connectivity index (χ0v) is 16.1. The molecule has 0 unspecified atom stereocenters. The van der Waals surface area contributed by atoms with Gasteiger partial charge in [0.05, 0.1) is 16.3 Å². The van der Waals surface area contributed by atoms with Crippen molar-refractivity contribution in [2.45, 2.75) is 16.7 Å². The topological polar surface area (TPSA) is 97.5 Å². The van der Waals surface area contributed by atoms with Gasteiger partial charge in [-0.2, -0.15) is 12.1 Å². The molecular formula is C19H18N2O4S2. The highest BCUT2D eigenvalue weighted by molar-refractivity contribution is 8.10. The van der Waals surface area contributed by atoms with E-state index in [1.54, 1.807) is 36.4 Å². The van der Waals surface area contributed by atoms with Gasteiger partial charge < -0.3 is 5.73 Å². The minimum Gasteiger partial charge on any atom is -0.398 e. The first kappa shape index (κ1) is 18.9. The van der Waals surface area contributed by atoms with Gasteiger partial charge in [-0.1, -0.05) is 48.0 Å². The van der Waals surface area contributed by atoms with Crippen molar-refractivity contribution < 1.29 is 16.8 Å². The zero-order valence-electron chi connectivity index (χ0n) is 14.5. The fraction of sp³-hybridized carbons (Fsp3) is 0.0526. The predicted molar refractivity (Wildman–Crippen MR) is 105 cm³/mol. The van der Waals surface area contributed by atoms with E-state index in [0.29, 0.717) is 3.71 Å². The lowest BCUT2D eigenvalue weighted by Crippen LogP contribution is -2.37. The molecule has 0 fully saturated rings. The van der Waals surface area contributed by atoms with Crippen molar-refractivity contribution in [3.8, 4) is 0 Å². The van der Waals surface area contributed by atoms with E-state index in [0.717, 1.165) is 5.56 Å². The van der Waals surface area contributed by atoms with Gasteiger partial charge >= 0.3 is 0 Å². The molecule has 0 bridgehead atoms. The molecule has 3 aromatic rings. The summed E-state index contributed by atoms with van der Waals surface area (Å²) in [4.78, 5) is -0.403. The highest BCUT2D eigenvalue weighted by atomic mass is 32.3. The molecule has 8 heteroatoms. The molecule has 2 N–H and O–H groups in total. The highest BCUT2D eigenvalue weighted by Crippen LogP contribution is 2.32. The van der Waals surface area contributed by atoms with E-state index in [9.17, 15) is 16.8 Å². The number of hydrogen-bond donors (Lipinski definition) is 1. The van der Waals surface area contributed by atoms with Gasteiger partial charge in [-0.05, 0) is 43.3 Å². The van der Waals surface area contributed by atoms with Crippen LogP contribution in [-0.2, 0) is 20.0 Å². The van der Waals surface area contributed by atoms with Crippen molar-refractivity contribution in [3.05, 3.63) is 84.4 Å². The van der Waals surface area contributed by atoms with Crippen LogP contribution >= 0.6 is 0 Å². The largest absolute Gasteiger partial charge is 0.398 e. The molecule has 3 rings (SSSR count). The SMILES string of the molecule is Cc1ccc(S(=O)(=O)N(c2ccccc2)S(=O)(=O)c2ccccc2N)cc1. The number of hydrogen-bond acceptors (Lipinski definition) is 5. The smallest absolute Gasteiger partial charge is 0.279 e. The monoisotopic (exact) mass is 402 g/mol. The molecular weight excluding hydrogens is 384 g/mol. The summed E-state index contributed by atoms with van der Waals surface area (Å²) in [6.45, 7) is 1.81. The fourth-order valence-electron chi connectivity index (χ4n) is 2.57. The van der Waals surface area contributed by atoms with Gasteiger partial charge in [0.25, 0.3) is 20.0 Å². The maximum Gasteiger partial charge on any atom is 0.279 e. The number of benzene rings is 3. The van der Waals surface area contributed by atoms with Crippen LogP contribution in [0.1, 0.15) is 5.56 Å². The molecule has 0 aliphatic carbocycles. The minimum atomic E-state index is -4.48. The molecule has 27 heavy (non-hydrogen) atoms. The molecule has 0 heterocycles. The average molecular weight is 402 g/mol. The third-order valence-electron chi connectivity index (χ3n) is 3.92. The molecule has 0 aliphatic heterocycles. The summed E-state index contributed by atoms with van der Waals surface area (Å²) in [6, 6.07) is 19.4. The second kappa shape index (κ2) is 7.05. The number of nitrogen functional groups attached to an aromatic ring is 1. The van der Waals surface area contributed by atoms with Gasteiger partial charge in [0, 0.05) is 0 Å². The fourth-order valence-corrected chi connectivity index (χ4v) is 6.36. The van der Waals surface area contributed by atoms with Crippen LogP contribution in [-0.4, -0.2) is 16.8 Å². The van der Waals surface area contributed by atoms with E-state index in [2.05, 4.69) is 0 Å². The molecule has 0 radical (unpaired) electrons. The molecule has 0 saturated carbocycles. The standard InChI is InChI=1S/C19H18N2O4S2/c1-15-11-13-17(14-12-15)26(22,23)21(16-7-3-2-4-8-16)27(24,25)19-10-6-5-9-18(19)20/h2-14H,20H2,1H3. The Labute approximate surface area is 159 Å². The van der Waals surface area contributed by atoms with Gasteiger partial charge in [-0.3, -0.25) is 0 Å². The van der Waals surface area contributed by atoms with Crippen LogP contribution in [0.2, 0.25) is 0 Å². The summed E-state index contributed by atoms with van der Waals surface area (Å²) in [5, 5.41) is 0. The van der Waals surface area contributed by atoms with E-state index in [1.165, 1.54) is 42.5 Å². The number of nitrogens with zero attached hydrogens (tertiary/aromatic N) is 1. The number of sulfonamides is 2. The van der Waals surface area contributed by atoms with Crippen molar-refractivity contribution in [2.75, 3.05) is 9.44 Å². The number of anilines is 2. The Kier molecular flexibility index (Phi) is 4.95. The van der Waals surface area contributed by atoms with Gasteiger partial charge in [0.1, 0.15) is 4.90 Å². The zero-order chi connectivity index (χ0) is 19.7. The van der Waals surface area contributed by atoms with Crippen LogP contribution in [0.15, 0.2) is 88.7 Å². The highest BCUT2D eigenvalue weighted by Gasteiger charge is 2.37. The van der Waals surface area contributed by atoms with Crippen LogP contribution in [0.25, 0.3) is 0 Å². The molecule has 3 aromatic carbocycles. The molecule has 0 spiro atoms. The summed E-state index contributed by atoms with van der Waals surface area (Å²) in [6.07, 6.45) is 0. The van der Waals surface area contributed by atoms with Crippen molar-refractivity contribution in [1.82, 2.24) is 0 Å². The summed E-state index contributed by atoms with van der Waals surface area (Å²) < 4.78 is 53.6. The van der Waals surface area contributed by atoms with E-state index in [-0.39, 0.29) is 21.2 Å². The second-order valence-electron chi connectivity index (χ2n) is 5.89. The van der Waals surface area contributed by atoms with Crippen molar-refractivity contribution >= 4 is 31.4 Å². The minimum absolute atomic E-state index is 0.00123. The van der Waals surface area contributed by atoms with Gasteiger partial charge in [0.2, 0.25) is 0 Å². The summed E-state index contributed by atoms with van der Waals surface area (Å²) >= 11 is 0. The van der Waals surface area contributed by atoms with Gasteiger partial charge in [0.15, 0.2) is 0 Å².